The summed E-state index contributed by atoms with van der Waals surface area (Å²) in [7, 11) is -5.78. The largest absolute Gasteiger partial charge is 0.534 e. The maximum absolute atomic E-state index is 12.5. The number of nitrogens with zero attached hydrogens (tertiary/aromatic N) is 1. The summed E-state index contributed by atoms with van der Waals surface area (Å²) in [5.41, 5.74) is -2.38. The summed E-state index contributed by atoms with van der Waals surface area (Å²) in [6, 6.07) is 19.8. The van der Waals surface area contributed by atoms with Gasteiger partial charge in [0.2, 0.25) is 5.91 Å². The molecular weight excluding hydrogens is 471 g/mol. The molecule has 0 aromatic heterocycles. The van der Waals surface area contributed by atoms with Gasteiger partial charge in [0, 0.05) is 11.3 Å². The van der Waals surface area contributed by atoms with Gasteiger partial charge in [-0.05, 0) is 42.8 Å². The second-order valence-electron chi connectivity index (χ2n) is 7.78. The average molecular weight is 491 g/mol. The highest BCUT2D eigenvalue weighted by Gasteiger charge is 2.48. The fourth-order valence-electron chi connectivity index (χ4n) is 3.62. The van der Waals surface area contributed by atoms with Crippen molar-refractivity contribution in [3.8, 4) is 11.5 Å². The van der Waals surface area contributed by atoms with Crippen molar-refractivity contribution in [3.05, 3.63) is 89.5 Å². The van der Waals surface area contributed by atoms with Crippen molar-refractivity contribution in [2.45, 2.75) is 31.5 Å². The zero-order valence-electron chi connectivity index (χ0n) is 18.0. The van der Waals surface area contributed by atoms with Gasteiger partial charge in [0.15, 0.2) is 0 Å². The summed E-state index contributed by atoms with van der Waals surface area (Å²) in [5, 5.41) is 0. The van der Waals surface area contributed by atoms with E-state index in [1.54, 1.807) is 0 Å². The van der Waals surface area contributed by atoms with Crippen molar-refractivity contribution >= 4 is 21.7 Å². The smallest absolute Gasteiger partial charge is 0.489 e. The molecule has 0 N–H and O–H groups in total. The molecule has 0 aliphatic carbocycles. The minimum Gasteiger partial charge on any atom is -0.489 e. The van der Waals surface area contributed by atoms with E-state index in [-0.39, 0.29) is 18.4 Å². The molecule has 0 saturated carbocycles. The van der Waals surface area contributed by atoms with Crippen LogP contribution in [0.25, 0.3) is 0 Å². The maximum Gasteiger partial charge on any atom is 0.534 e. The van der Waals surface area contributed by atoms with E-state index >= 15 is 0 Å². The number of carbonyl (C=O) groups excluding carboxylic acids is 1. The number of aryl methyl sites for hydroxylation is 1. The zero-order chi connectivity index (χ0) is 24.5. The maximum atomic E-state index is 12.5. The number of ether oxygens (including phenoxy) is 1. The van der Waals surface area contributed by atoms with Gasteiger partial charge >= 0.3 is 15.6 Å². The highest BCUT2D eigenvalue weighted by atomic mass is 32.2. The first-order valence-corrected chi connectivity index (χ1v) is 11.7. The lowest BCUT2D eigenvalue weighted by atomic mass is 9.91. The van der Waals surface area contributed by atoms with E-state index < -0.39 is 21.4 Å². The fourth-order valence-corrected chi connectivity index (χ4v) is 4.08. The summed E-state index contributed by atoms with van der Waals surface area (Å²) in [4.78, 5) is 13.9. The Bertz CT molecular complexity index is 1290. The van der Waals surface area contributed by atoms with Gasteiger partial charge in [-0.15, -0.1) is 0 Å². The van der Waals surface area contributed by atoms with Crippen LogP contribution in [0.1, 0.15) is 29.2 Å². The molecule has 4 rings (SSSR count). The van der Waals surface area contributed by atoms with Crippen LogP contribution >= 0.6 is 0 Å². The van der Waals surface area contributed by atoms with Crippen LogP contribution in [0.5, 0.6) is 11.5 Å². The Morgan fingerprint density at radius 2 is 1.68 bits per heavy atom. The van der Waals surface area contributed by atoms with Crippen molar-refractivity contribution in [1.29, 1.82) is 0 Å². The topological polar surface area (TPSA) is 72.9 Å². The second-order valence-corrected chi connectivity index (χ2v) is 9.31. The average Bonchev–Trinajstić information content (AvgIpc) is 2.77. The van der Waals surface area contributed by atoms with Gasteiger partial charge in [0.25, 0.3) is 0 Å². The summed E-state index contributed by atoms with van der Waals surface area (Å²) < 4.78 is 70.2. The molecule has 1 fully saturated rings. The van der Waals surface area contributed by atoms with Gasteiger partial charge < -0.3 is 13.8 Å². The number of hydrogen-bond donors (Lipinski definition) is 0. The summed E-state index contributed by atoms with van der Waals surface area (Å²) in [5.74, 6) is -0.0710. The number of halogens is 3. The minimum absolute atomic E-state index is 0.183. The Morgan fingerprint density at radius 3 is 2.29 bits per heavy atom. The van der Waals surface area contributed by atoms with Crippen LogP contribution in [0, 0.1) is 6.92 Å². The fraction of sp³-hybridized carbons (Fsp3) is 0.208. The van der Waals surface area contributed by atoms with Crippen LogP contribution < -0.4 is 13.8 Å². The first kappa shape index (κ1) is 23.6. The Kier molecular flexibility index (Phi) is 6.26. The van der Waals surface area contributed by atoms with E-state index in [9.17, 15) is 26.4 Å². The van der Waals surface area contributed by atoms with E-state index in [1.807, 2.05) is 55.5 Å². The third-order valence-electron chi connectivity index (χ3n) is 5.31. The predicted molar refractivity (Wildman–Crippen MR) is 119 cm³/mol. The third kappa shape index (κ3) is 4.86. The molecule has 1 heterocycles. The predicted octanol–water partition coefficient (Wildman–Crippen LogP) is 5.28. The second kappa shape index (κ2) is 9.02. The van der Waals surface area contributed by atoms with Crippen LogP contribution in [-0.2, 0) is 21.5 Å². The highest BCUT2D eigenvalue weighted by Crippen LogP contribution is 2.43. The molecule has 0 bridgehead atoms. The number of alkyl halides is 3. The molecule has 1 aliphatic heterocycles. The minimum atomic E-state index is -5.78. The molecule has 0 radical (unpaired) electrons. The van der Waals surface area contributed by atoms with Gasteiger partial charge in [-0.1, -0.05) is 48.0 Å². The summed E-state index contributed by atoms with van der Waals surface area (Å²) in [6.07, 6.45) is 0.228. The third-order valence-corrected chi connectivity index (χ3v) is 6.29. The van der Waals surface area contributed by atoms with Gasteiger partial charge in [-0.3, -0.25) is 4.79 Å². The Morgan fingerprint density at radius 1 is 1.00 bits per heavy atom. The van der Waals surface area contributed by atoms with Crippen LogP contribution in [0.15, 0.2) is 72.8 Å². The number of hydrogen-bond acceptors (Lipinski definition) is 5. The molecule has 178 valence electrons. The monoisotopic (exact) mass is 491 g/mol. The van der Waals surface area contributed by atoms with E-state index in [2.05, 4.69) is 4.18 Å². The van der Waals surface area contributed by atoms with Crippen molar-refractivity contribution in [1.82, 2.24) is 0 Å². The number of benzene rings is 3. The Labute approximate surface area is 194 Å². The standard InChI is InChI=1S/C24H20F3NO5S/c1-16-7-12-22(32-15-17-5-3-2-4-6-17)20(13-16)21-14-23(29)28(21)18-8-10-19(11-9-18)33-34(30,31)24(25,26)27/h2-13,21H,14-15H2,1H3. The molecule has 1 amide bonds. The molecule has 1 saturated heterocycles. The van der Waals surface area contributed by atoms with Crippen LogP contribution in [0.4, 0.5) is 18.9 Å². The van der Waals surface area contributed by atoms with E-state index in [0.29, 0.717) is 18.0 Å². The number of anilines is 1. The molecule has 34 heavy (non-hydrogen) atoms. The van der Waals surface area contributed by atoms with Crippen molar-refractivity contribution in [2.24, 2.45) is 0 Å². The Balaban J connectivity index is 1.55. The molecule has 1 unspecified atom stereocenters. The lowest BCUT2D eigenvalue weighted by molar-refractivity contribution is -0.124. The first-order chi connectivity index (χ1) is 16.0. The SMILES string of the molecule is Cc1ccc(OCc2ccccc2)c(C2CC(=O)N2c2ccc(OS(=O)(=O)C(F)(F)F)cc2)c1. The number of rotatable bonds is 7. The molecule has 3 aromatic carbocycles. The summed E-state index contributed by atoms with van der Waals surface area (Å²) in [6.45, 7) is 2.26. The highest BCUT2D eigenvalue weighted by molar-refractivity contribution is 7.88. The van der Waals surface area contributed by atoms with Gasteiger partial charge in [0.05, 0.1) is 12.5 Å². The number of carbonyl (C=O) groups is 1. The quantitative estimate of drug-likeness (QED) is 0.255. The molecule has 1 aliphatic rings. The van der Waals surface area contributed by atoms with Gasteiger partial charge in [-0.25, -0.2) is 0 Å². The normalized spacial score (nSPS) is 16.2. The van der Waals surface area contributed by atoms with Crippen molar-refractivity contribution in [3.63, 3.8) is 0 Å². The van der Waals surface area contributed by atoms with Crippen molar-refractivity contribution in [2.75, 3.05) is 4.90 Å². The van der Waals surface area contributed by atoms with Crippen LogP contribution in [0.2, 0.25) is 0 Å². The summed E-state index contributed by atoms with van der Waals surface area (Å²) >= 11 is 0. The van der Waals surface area contributed by atoms with E-state index in [0.717, 1.165) is 28.8 Å². The molecular formula is C24H20F3NO5S. The van der Waals surface area contributed by atoms with Gasteiger partial charge in [0.1, 0.15) is 18.1 Å². The lowest BCUT2D eigenvalue weighted by Gasteiger charge is -2.41. The number of β-lactam (4-membered cyclic amide) rings is 1. The van der Waals surface area contributed by atoms with E-state index in [4.69, 9.17) is 4.74 Å². The van der Waals surface area contributed by atoms with Crippen molar-refractivity contribution < 1.29 is 35.3 Å². The lowest BCUT2D eigenvalue weighted by Crippen LogP contribution is -2.46. The Hall–Kier alpha value is -3.53. The van der Waals surface area contributed by atoms with Crippen LogP contribution in [0.3, 0.4) is 0 Å². The van der Waals surface area contributed by atoms with Crippen LogP contribution in [-0.4, -0.2) is 19.8 Å². The molecule has 10 heteroatoms. The molecule has 1 atom stereocenters. The number of amides is 1. The zero-order valence-corrected chi connectivity index (χ0v) is 18.8. The van der Waals surface area contributed by atoms with Gasteiger partial charge in [-0.2, -0.15) is 21.6 Å². The van der Waals surface area contributed by atoms with E-state index in [1.165, 1.54) is 17.0 Å². The molecule has 0 spiro atoms. The molecule has 6 nitrogen and oxygen atoms in total. The molecule has 3 aromatic rings. The first-order valence-electron chi connectivity index (χ1n) is 10.3.